The predicted octanol–water partition coefficient (Wildman–Crippen LogP) is 7.72. The molecular weight excluding hydrogens is 777 g/mol. The molecule has 6 atom stereocenters. The third-order valence-electron chi connectivity index (χ3n) is 12.8. The molecule has 2 bridgehead atoms. The first-order chi connectivity index (χ1) is 28.7. The van der Waals surface area contributed by atoms with Crippen LogP contribution in [0.25, 0.3) is 44.2 Å². The van der Waals surface area contributed by atoms with E-state index in [1.54, 1.807) is 0 Å². The van der Waals surface area contributed by atoms with E-state index in [1.165, 1.54) is 14.2 Å². The van der Waals surface area contributed by atoms with Gasteiger partial charge in [0.25, 0.3) is 0 Å². The van der Waals surface area contributed by atoms with Gasteiger partial charge < -0.3 is 39.9 Å². The number of nitrogens with zero attached hydrogens (tertiary/aromatic N) is 4. The maximum atomic E-state index is 14.1. The van der Waals surface area contributed by atoms with E-state index in [0.717, 1.165) is 81.1 Å². The number of imidazole rings is 2. The number of rotatable bonds is 10. The van der Waals surface area contributed by atoms with Gasteiger partial charge in [-0.3, -0.25) is 9.59 Å². The molecule has 14 nitrogen and oxygen atoms in total. The highest BCUT2D eigenvalue weighted by Crippen LogP contribution is 2.50. The number of methoxy groups -OCH3 is 2. The Labute approximate surface area is 351 Å². The Morgan fingerprint density at radius 1 is 0.800 bits per heavy atom. The highest BCUT2D eigenvalue weighted by atomic mass is 28.3. The molecule has 3 fully saturated rings. The number of amides is 4. The molecule has 8 rings (SSSR count). The van der Waals surface area contributed by atoms with Crippen LogP contribution in [-0.2, 0) is 19.1 Å². The van der Waals surface area contributed by atoms with Gasteiger partial charge in [-0.25, -0.2) is 19.6 Å². The van der Waals surface area contributed by atoms with Crippen molar-refractivity contribution in [1.29, 1.82) is 0 Å². The van der Waals surface area contributed by atoms with E-state index in [2.05, 4.69) is 88.3 Å². The smallest absolute Gasteiger partial charge is 0.407 e. The van der Waals surface area contributed by atoms with Crippen molar-refractivity contribution >= 4 is 53.9 Å². The first kappa shape index (κ1) is 41.0. The van der Waals surface area contributed by atoms with Crippen LogP contribution in [0.4, 0.5) is 9.59 Å². The van der Waals surface area contributed by atoms with Gasteiger partial charge in [0, 0.05) is 17.6 Å². The standard InChI is InChI=1S/C45H56N8O6Si/c1-24(2)36(50-44(56)58-5)42(54)52-23-60(7,8)22-35(52)40-46-21-34(48-40)27-11-9-26(10-12-27)28-14-17-32-29(19-28)15-18-33-38(32)49-41(47-33)39-30-13-16-31(20-30)53(39)43(55)37(25(3)4)51-45(57)59-6/h9-12,14-15,17-19,21,24-25,30-31,35-37,39H,13,16,20,22-23H2,1-8H3,(H,46,48)(H,47,49)(H,50,56)(H,51,57)/t30?,31?,35-,36-,37-,39-/m0/s1. The second-order valence-corrected chi connectivity index (χ2v) is 23.3. The SMILES string of the molecule is COC(=O)N[C@H](C(=O)N1C[Si](C)(C)C[C@H]1c1ncc(-c2ccc(-c3ccc4c(ccc5[nH]c([C@@H]6C7CCC(C7)N6C(=O)[C@@H](NC(=O)OC)C(C)C)nc54)c3)cc2)[nH]1)C(C)C. The monoisotopic (exact) mass is 832 g/mol. The van der Waals surface area contributed by atoms with Gasteiger partial charge in [0.2, 0.25) is 11.8 Å². The van der Waals surface area contributed by atoms with E-state index in [1.807, 2.05) is 43.7 Å². The molecule has 3 aromatic carbocycles. The topological polar surface area (TPSA) is 175 Å². The first-order valence-corrected chi connectivity index (χ1v) is 24.5. The van der Waals surface area contributed by atoms with E-state index in [4.69, 9.17) is 19.4 Å². The lowest BCUT2D eigenvalue weighted by atomic mass is 9.95. The summed E-state index contributed by atoms with van der Waals surface area (Å²) >= 11 is 0. The summed E-state index contributed by atoms with van der Waals surface area (Å²) in [6, 6.07) is 18.2. The molecule has 2 aliphatic heterocycles. The van der Waals surface area contributed by atoms with Crippen molar-refractivity contribution < 1.29 is 28.7 Å². The summed E-state index contributed by atoms with van der Waals surface area (Å²) in [4.78, 5) is 73.2. The number of piperidine rings is 1. The summed E-state index contributed by atoms with van der Waals surface area (Å²) < 4.78 is 9.66. The van der Waals surface area contributed by atoms with Crippen molar-refractivity contribution in [3.8, 4) is 22.4 Å². The van der Waals surface area contributed by atoms with Crippen LogP contribution in [0.3, 0.4) is 0 Å². The number of carbonyl (C=O) groups excluding carboxylic acids is 4. The van der Waals surface area contributed by atoms with Gasteiger partial charge in [-0.15, -0.1) is 0 Å². The molecule has 5 aromatic rings. The molecule has 15 heteroatoms. The van der Waals surface area contributed by atoms with E-state index in [-0.39, 0.29) is 41.8 Å². The second kappa shape index (κ2) is 16.1. The summed E-state index contributed by atoms with van der Waals surface area (Å²) in [6.45, 7) is 12.3. The van der Waals surface area contributed by atoms with Gasteiger partial charge >= 0.3 is 12.2 Å². The lowest BCUT2D eigenvalue weighted by molar-refractivity contribution is -0.139. The number of fused-ring (bicyclic) bond motifs is 5. The minimum absolute atomic E-state index is 0.0920. The largest absolute Gasteiger partial charge is 0.453 e. The zero-order valence-corrected chi connectivity index (χ0v) is 36.7. The Morgan fingerprint density at radius 3 is 2.12 bits per heavy atom. The molecule has 0 radical (unpaired) electrons. The molecule has 316 valence electrons. The van der Waals surface area contributed by atoms with E-state index in [0.29, 0.717) is 12.1 Å². The Balaban J connectivity index is 1.01. The highest BCUT2D eigenvalue weighted by molar-refractivity contribution is 6.78. The van der Waals surface area contributed by atoms with Crippen molar-refractivity contribution in [1.82, 2.24) is 40.4 Å². The van der Waals surface area contributed by atoms with Crippen LogP contribution in [0.5, 0.6) is 0 Å². The molecule has 1 saturated carbocycles. The number of hydrogen-bond acceptors (Lipinski definition) is 8. The molecule has 4 amide bonds. The number of aromatic amines is 2. The zero-order chi connectivity index (χ0) is 42.6. The fraction of sp³-hybridized carbons (Fsp3) is 0.467. The van der Waals surface area contributed by atoms with Gasteiger partial charge in [-0.1, -0.05) is 83.3 Å². The van der Waals surface area contributed by atoms with Crippen LogP contribution < -0.4 is 10.6 Å². The third kappa shape index (κ3) is 7.63. The van der Waals surface area contributed by atoms with Gasteiger partial charge in [0.15, 0.2) is 0 Å². The molecule has 60 heavy (non-hydrogen) atoms. The minimum Gasteiger partial charge on any atom is -0.453 e. The van der Waals surface area contributed by atoms with Crippen molar-refractivity contribution in [2.24, 2.45) is 17.8 Å². The lowest BCUT2D eigenvalue weighted by Crippen LogP contribution is -2.54. The average Bonchev–Trinajstić information content (AvgIpc) is 4.09. The molecule has 0 spiro atoms. The number of hydrogen-bond donors (Lipinski definition) is 4. The number of likely N-dealkylation sites (tertiary alicyclic amines) is 1. The van der Waals surface area contributed by atoms with Gasteiger partial charge in [-0.05, 0) is 77.3 Å². The normalized spacial score (nSPS) is 21.8. The fourth-order valence-electron chi connectivity index (χ4n) is 9.78. The number of H-pyrrole nitrogens is 2. The van der Waals surface area contributed by atoms with Crippen molar-refractivity contribution in [2.45, 2.75) is 96.3 Å². The number of benzene rings is 3. The van der Waals surface area contributed by atoms with Crippen LogP contribution >= 0.6 is 0 Å². The Kier molecular flexibility index (Phi) is 11.0. The second-order valence-electron chi connectivity index (χ2n) is 18.3. The Hall–Kier alpha value is -5.70. The molecule has 3 aliphatic rings. The predicted molar refractivity (Wildman–Crippen MR) is 232 cm³/mol. The summed E-state index contributed by atoms with van der Waals surface area (Å²) in [5.74, 6) is 1.41. The maximum absolute atomic E-state index is 14.1. The molecule has 2 aromatic heterocycles. The van der Waals surface area contributed by atoms with Gasteiger partial charge in [0.05, 0.1) is 57.3 Å². The molecular formula is C45H56N8O6Si. The van der Waals surface area contributed by atoms with Gasteiger partial charge in [-0.2, -0.15) is 0 Å². The average molecular weight is 833 g/mol. The maximum Gasteiger partial charge on any atom is 0.407 e. The summed E-state index contributed by atoms with van der Waals surface area (Å²) in [5, 5.41) is 7.61. The number of carbonyl (C=O) groups is 4. The number of ether oxygens (including phenoxy) is 2. The van der Waals surface area contributed by atoms with Crippen molar-refractivity contribution in [3.63, 3.8) is 0 Å². The molecule has 4 N–H and O–H groups in total. The van der Waals surface area contributed by atoms with Crippen molar-refractivity contribution in [3.05, 3.63) is 72.4 Å². The van der Waals surface area contributed by atoms with Gasteiger partial charge in [0.1, 0.15) is 23.7 Å². The van der Waals surface area contributed by atoms with Crippen LogP contribution in [0.1, 0.15) is 70.7 Å². The summed E-state index contributed by atoms with van der Waals surface area (Å²) in [7, 11) is 0.859. The van der Waals surface area contributed by atoms with Crippen LogP contribution in [0.15, 0.2) is 60.8 Å². The third-order valence-corrected chi connectivity index (χ3v) is 15.5. The number of aromatic nitrogens is 4. The first-order valence-electron chi connectivity index (χ1n) is 21.1. The number of nitrogens with one attached hydrogen (secondary N) is 4. The lowest BCUT2D eigenvalue weighted by Gasteiger charge is -2.37. The van der Waals surface area contributed by atoms with Crippen LogP contribution in [-0.4, -0.2) is 100 Å². The van der Waals surface area contributed by atoms with E-state index < -0.39 is 32.3 Å². The summed E-state index contributed by atoms with van der Waals surface area (Å²) in [5.41, 5.74) is 5.79. The number of alkyl carbamates (subject to hydrolysis) is 2. The minimum atomic E-state index is -1.75. The quantitative estimate of drug-likeness (QED) is 0.104. The van der Waals surface area contributed by atoms with Crippen molar-refractivity contribution in [2.75, 3.05) is 20.4 Å². The molecule has 1 aliphatic carbocycles. The highest BCUT2D eigenvalue weighted by Gasteiger charge is 2.52. The summed E-state index contributed by atoms with van der Waals surface area (Å²) in [6.07, 6.45) is 4.20. The zero-order valence-electron chi connectivity index (χ0n) is 35.7. The van der Waals surface area contributed by atoms with Crippen LogP contribution in [0.2, 0.25) is 19.1 Å². The Bertz CT molecular complexity index is 2440. The Morgan fingerprint density at radius 2 is 1.45 bits per heavy atom. The fourth-order valence-corrected chi connectivity index (χ4v) is 12.7. The van der Waals surface area contributed by atoms with E-state index in [9.17, 15) is 19.2 Å². The molecule has 2 unspecified atom stereocenters. The van der Waals surface area contributed by atoms with Crippen LogP contribution in [0, 0.1) is 17.8 Å². The van der Waals surface area contributed by atoms with E-state index >= 15 is 0 Å². The molecule has 4 heterocycles. The molecule has 2 saturated heterocycles.